The minimum atomic E-state index is -2.00. The van der Waals surface area contributed by atoms with Gasteiger partial charge < -0.3 is 4.43 Å². The quantitative estimate of drug-likeness (QED) is 0.196. The van der Waals surface area contributed by atoms with Gasteiger partial charge >= 0.3 is 0 Å². The van der Waals surface area contributed by atoms with Gasteiger partial charge in [-0.3, -0.25) is 0 Å². The van der Waals surface area contributed by atoms with E-state index in [2.05, 4.69) is 144 Å². The molecule has 0 radical (unpaired) electrons. The Morgan fingerprint density at radius 1 is 0.538 bits per heavy atom. The fourth-order valence-corrected chi connectivity index (χ4v) is 8.53. The lowest BCUT2D eigenvalue weighted by Crippen LogP contribution is -2.36. The topological polar surface area (TPSA) is 9.23 Å². The van der Waals surface area contributed by atoms with Gasteiger partial charge in [0, 0.05) is 5.57 Å². The summed E-state index contributed by atoms with van der Waals surface area (Å²) in [6.45, 7) is 11.3. The van der Waals surface area contributed by atoms with Crippen LogP contribution in [0.5, 0.6) is 0 Å². The summed E-state index contributed by atoms with van der Waals surface area (Å²) >= 11 is 0. The largest absolute Gasteiger partial charge is 0.545 e. The first-order chi connectivity index (χ1) is 19.0. The molecule has 1 aliphatic carbocycles. The highest BCUT2D eigenvalue weighted by Crippen LogP contribution is 2.56. The predicted molar refractivity (Wildman–Crippen MR) is 170 cm³/mol. The Bertz CT molecular complexity index is 1450. The molecule has 4 aromatic carbocycles. The summed E-state index contributed by atoms with van der Waals surface area (Å²) in [7, 11) is -2.00. The molecule has 4 aromatic rings. The lowest BCUT2D eigenvalue weighted by atomic mass is 9.85. The third-order valence-electron chi connectivity index (χ3n) is 8.47. The van der Waals surface area contributed by atoms with E-state index in [-0.39, 0.29) is 5.92 Å². The van der Waals surface area contributed by atoms with E-state index < -0.39 is 8.32 Å². The summed E-state index contributed by atoms with van der Waals surface area (Å²) in [6.07, 6.45) is 0. The van der Waals surface area contributed by atoms with Gasteiger partial charge in [-0.25, -0.2) is 0 Å². The highest BCUT2D eigenvalue weighted by atomic mass is 28.4. The van der Waals surface area contributed by atoms with E-state index in [1.807, 2.05) is 0 Å². The van der Waals surface area contributed by atoms with E-state index in [9.17, 15) is 0 Å². The minimum absolute atomic E-state index is 0.0249. The van der Waals surface area contributed by atoms with Crippen molar-refractivity contribution in [1.82, 2.24) is 0 Å². The smallest absolute Gasteiger partial charge is 0.250 e. The van der Waals surface area contributed by atoms with E-state index in [0.717, 1.165) is 23.9 Å². The van der Waals surface area contributed by atoms with Gasteiger partial charge in [0.1, 0.15) is 0 Å². The second-order valence-corrected chi connectivity index (χ2v) is 15.5. The number of hydrogen-bond donors (Lipinski definition) is 0. The number of aryl methyl sites for hydroxylation is 2. The molecule has 0 aromatic heterocycles. The lowest BCUT2D eigenvalue weighted by molar-refractivity contribution is 0.388. The summed E-state index contributed by atoms with van der Waals surface area (Å²) in [5.74, 6) is 1.16. The molecule has 0 saturated heterocycles. The summed E-state index contributed by atoms with van der Waals surface area (Å²) in [6, 6.07) is 43.3. The third kappa shape index (κ3) is 5.31. The zero-order chi connectivity index (χ0) is 27.4. The molecule has 0 aliphatic heterocycles. The van der Waals surface area contributed by atoms with Crippen molar-refractivity contribution in [2.45, 2.75) is 58.7 Å². The summed E-state index contributed by atoms with van der Waals surface area (Å²) in [5, 5.41) is 0. The summed E-state index contributed by atoms with van der Waals surface area (Å²) < 4.78 is 7.51. The van der Waals surface area contributed by atoms with Gasteiger partial charge in [0.15, 0.2) is 0 Å². The fourth-order valence-electron chi connectivity index (χ4n) is 5.91. The van der Waals surface area contributed by atoms with Crippen molar-refractivity contribution in [1.29, 1.82) is 0 Å². The Morgan fingerprint density at radius 3 is 1.51 bits per heavy atom. The van der Waals surface area contributed by atoms with Crippen LogP contribution in [0.1, 0.15) is 60.1 Å². The summed E-state index contributed by atoms with van der Waals surface area (Å²) in [5.41, 5.74) is 11.4. The van der Waals surface area contributed by atoms with Crippen LogP contribution in [-0.4, -0.2) is 8.32 Å². The van der Waals surface area contributed by atoms with E-state index in [0.29, 0.717) is 0 Å². The van der Waals surface area contributed by atoms with Gasteiger partial charge in [-0.2, -0.15) is 0 Å². The second-order valence-electron chi connectivity index (χ2n) is 10.8. The first-order valence-electron chi connectivity index (χ1n) is 14.4. The molecule has 39 heavy (non-hydrogen) atoms. The molecule has 0 spiro atoms. The van der Waals surface area contributed by atoms with Crippen LogP contribution in [0, 0.1) is 13.8 Å². The van der Waals surface area contributed by atoms with Crippen molar-refractivity contribution < 1.29 is 4.43 Å². The average Bonchev–Trinajstić information content (AvgIpc) is 3.32. The SMILES string of the molecule is CC[Si](CC)(CC)OC1=C(c2ccccc2)C(c2ccc(C)cc2)=C(c2ccc(C)cc2)C1c1ccccc1. The predicted octanol–water partition coefficient (Wildman–Crippen LogP) is 10.4. The number of benzene rings is 4. The molecule has 0 heterocycles. The second kappa shape index (κ2) is 11.6. The number of hydrogen-bond acceptors (Lipinski definition) is 1. The molecule has 1 atom stereocenters. The van der Waals surface area contributed by atoms with Gasteiger partial charge in [0.05, 0.1) is 11.7 Å². The fraction of sp³-hybridized carbons (Fsp3) is 0.243. The molecule has 5 rings (SSSR count). The molecule has 0 saturated carbocycles. The maximum absolute atomic E-state index is 7.51. The Morgan fingerprint density at radius 2 is 1.00 bits per heavy atom. The molecule has 1 aliphatic rings. The van der Waals surface area contributed by atoms with Crippen LogP contribution in [-0.2, 0) is 4.43 Å². The molecular weight excluding hydrogens is 488 g/mol. The molecule has 0 amide bonds. The number of allylic oxidation sites excluding steroid dienone is 3. The normalized spacial score (nSPS) is 15.7. The van der Waals surface area contributed by atoms with Crippen molar-refractivity contribution in [3.8, 4) is 0 Å². The van der Waals surface area contributed by atoms with Crippen LogP contribution in [0.3, 0.4) is 0 Å². The van der Waals surface area contributed by atoms with Crippen molar-refractivity contribution >= 4 is 25.0 Å². The standard InChI is InChI=1S/C37H40OSi/c1-6-39(7-2,8-3)38-37-35(29-15-11-9-12-16-29)33(31-23-19-27(4)20-24-31)34(32-25-21-28(5)22-26-32)36(37)30-17-13-10-14-18-30/h9-26,35H,6-8H2,1-5H3. The Kier molecular flexibility index (Phi) is 8.04. The van der Waals surface area contributed by atoms with E-state index in [1.165, 1.54) is 50.1 Å². The van der Waals surface area contributed by atoms with Gasteiger partial charge in [-0.05, 0) is 65.4 Å². The molecular formula is C37H40OSi. The Balaban J connectivity index is 1.90. The first-order valence-corrected chi connectivity index (χ1v) is 16.9. The van der Waals surface area contributed by atoms with Crippen LogP contribution in [0.2, 0.25) is 18.1 Å². The monoisotopic (exact) mass is 528 g/mol. The van der Waals surface area contributed by atoms with Gasteiger partial charge in [-0.15, -0.1) is 0 Å². The number of rotatable bonds is 9. The van der Waals surface area contributed by atoms with Crippen LogP contribution < -0.4 is 0 Å². The van der Waals surface area contributed by atoms with E-state index >= 15 is 0 Å². The van der Waals surface area contributed by atoms with Crippen LogP contribution in [0.15, 0.2) is 115 Å². The average molecular weight is 529 g/mol. The maximum atomic E-state index is 7.51. The van der Waals surface area contributed by atoms with Gasteiger partial charge in [-0.1, -0.05) is 141 Å². The highest BCUT2D eigenvalue weighted by molar-refractivity contribution is 6.74. The lowest BCUT2D eigenvalue weighted by Gasteiger charge is -2.33. The van der Waals surface area contributed by atoms with Crippen molar-refractivity contribution in [3.63, 3.8) is 0 Å². The van der Waals surface area contributed by atoms with E-state index in [1.54, 1.807) is 0 Å². The molecule has 0 bridgehead atoms. The van der Waals surface area contributed by atoms with Gasteiger partial charge in [0.2, 0.25) is 8.32 Å². The molecule has 0 N–H and O–H groups in total. The van der Waals surface area contributed by atoms with E-state index in [4.69, 9.17) is 4.43 Å². The third-order valence-corrected chi connectivity index (χ3v) is 13.0. The van der Waals surface area contributed by atoms with Crippen LogP contribution in [0.4, 0.5) is 0 Å². The molecule has 1 unspecified atom stereocenters. The molecule has 1 nitrogen and oxygen atoms in total. The van der Waals surface area contributed by atoms with Crippen molar-refractivity contribution in [3.05, 3.63) is 148 Å². The first kappa shape index (κ1) is 27.0. The zero-order valence-corrected chi connectivity index (χ0v) is 25.0. The molecule has 0 fully saturated rings. The Labute approximate surface area is 236 Å². The van der Waals surface area contributed by atoms with Gasteiger partial charge in [0.25, 0.3) is 0 Å². The highest BCUT2D eigenvalue weighted by Gasteiger charge is 2.42. The Hall–Kier alpha value is -3.62. The van der Waals surface area contributed by atoms with Crippen molar-refractivity contribution in [2.24, 2.45) is 0 Å². The molecule has 2 heteroatoms. The zero-order valence-electron chi connectivity index (χ0n) is 24.0. The minimum Gasteiger partial charge on any atom is -0.545 e. The van der Waals surface area contributed by atoms with Crippen LogP contribution in [0.25, 0.3) is 16.7 Å². The van der Waals surface area contributed by atoms with Crippen molar-refractivity contribution in [2.75, 3.05) is 0 Å². The summed E-state index contributed by atoms with van der Waals surface area (Å²) in [4.78, 5) is 0. The maximum Gasteiger partial charge on any atom is 0.250 e. The van der Waals surface area contributed by atoms with Crippen LogP contribution >= 0.6 is 0 Å². The molecule has 198 valence electrons.